The average Bonchev–Trinajstić information content (AvgIpc) is 2.55. The summed E-state index contributed by atoms with van der Waals surface area (Å²) in [5.74, 6) is 0.942. The highest BCUT2D eigenvalue weighted by Crippen LogP contribution is 2.18. The first-order valence-electron chi connectivity index (χ1n) is 6.68. The Kier molecular flexibility index (Phi) is 5.04. The number of anilines is 1. The van der Waals surface area contributed by atoms with Crippen LogP contribution in [-0.2, 0) is 0 Å². The number of amidine groups is 1. The molecular formula is C16H19N3O2. The Balaban J connectivity index is 1.99. The van der Waals surface area contributed by atoms with Crippen LogP contribution in [0.3, 0.4) is 0 Å². The fraction of sp³-hybridized carbons (Fsp3) is 0.188. The Morgan fingerprint density at radius 1 is 1.14 bits per heavy atom. The van der Waals surface area contributed by atoms with Crippen LogP contribution in [0.15, 0.2) is 59.8 Å². The van der Waals surface area contributed by atoms with E-state index in [9.17, 15) is 0 Å². The number of ether oxygens (including phenoxy) is 1. The molecule has 0 saturated carbocycles. The normalized spacial score (nSPS) is 11.2. The van der Waals surface area contributed by atoms with E-state index in [4.69, 9.17) is 15.7 Å². The van der Waals surface area contributed by atoms with Gasteiger partial charge in [-0.2, -0.15) is 0 Å². The number of oxime groups is 1. The lowest BCUT2D eigenvalue weighted by atomic mass is 10.1. The van der Waals surface area contributed by atoms with Crippen molar-refractivity contribution < 1.29 is 9.94 Å². The summed E-state index contributed by atoms with van der Waals surface area (Å²) < 4.78 is 5.67. The molecular weight excluding hydrogens is 266 g/mol. The molecule has 0 unspecified atom stereocenters. The maximum atomic E-state index is 8.84. The molecule has 5 nitrogen and oxygen atoms in total. The fourth-order valence-corrected chi connectivity index (χ4v) is 2.01. The van der Waals surface area contributed by atoms with E-state index in [1.807, 2.05) is 66.5 Å². The summed E-state index contributed by atoms with van der Waals surface area (Å²) in [6.45, 7) is 1.23. The molecule has 0 spiro atoms. The second-order valence-corrected chi connectivity index (χ2v) is 4.59. The predicted octanol–water partition coefficient (Wildman–Crippen LogP) is 2.30. The van der Waals surface area contributed by atoms with Crippen LogP contribution in [0.1, 0.15) is 5.56 Å². The number of hydrogen-bond donors (Lipinski definition) is 2. The van der Waals surface area contributed by atoms with Gasteiger partial charge in [0, 0.05) is 18.3 Å². The van der Waals surface area contributed by atoms with Crippen molar-refractivity contribution in [2.45, 2.75) is 0 Å². The molecule has 21 heavy (non-hydrogen) atoms. The summed E-state index contributed by atoms with van der Waals surface area (Å²) in [5, 5.41) is 11.9. The van der Waals surface area contributed by atoms with Crippen LogP contribution in [0.25, 0.3) is 0 Å². The Bertz CT molecular complexity index is 599. The van der Waals surface area contributed by atoms with Gasteiger partial charge in [-0.3, -0.25) is 0 Å². The molecule has 2 aromatic rings. The highest BCUT2D eigenvalue weighted by molar-refractivity contribution is 6.02. The van der Waals surface area contributed by atoms with E-state index in [0.29, 0.717) is 18.7 Å². The summed E-state index contributed by atoms with van der Waals surface area (Å²) in [6, 6.07) is 17.2. The molecule has 0 heterocycles. The van der Waals surface area contributed by atoms with Crippen LogP contribution in [0, 0.1) is 0 Å². The predicted molar refractivity (Wildman–Crippen MR) is 84.2 cm³/mol. The lowest BCUT2D eigenvalue weighted by molar-refractivity contribution is 0.318. The number of para-hydroxylation sites is 2. The van der Waals surface area contributed by atoms with Gasteiger partial charge < -0.3 is 20.6 Å². The molecule has 0 atom stereocenters. The van der Waals surface area contributed by atoms with Gasteiger partial charge in [-0.05, 0) is 24.3 Å². The minimum Gasteiger partial charge on any atom is -0.492 e. The zero-order chi connectivity index (χ0) is 15.1. The van der Waals surface area contributed by atoms with Crippen molar-refractivity contribution in [3.8, 4) is 5.75 Å². The zero-order valence-corrected chi connectivity index (χ0v) is 11.9. The topological polar surface area (TPSA) is 71.1 Å². The van der Waals surface area contributed by atoms with Crippen LogP contribution >= 0.6 is 0 Å². The highest BCUT2D eigenvalue weighted by Gasteiger charge is 2.10. The first-order valence-corrected chi connectivity index (χ1v) is 6.68. The van der Waals surface area contributed by atoms with Gasteiger partial charge in [0.15, 0.2) is 5.84 Å². The summed E-state index contributed by atoms with van der Waals surface area (Å²) in [7, 11) is 1.94. The van der Waals surface area contributed by atoms with Crippen molar-refractivity contribution in [2.75, 3.05) is 25.1 Å². The minimum atomic E-state index is 0.0985. The third kappa shape index (κ3) is 3.89. The quantitative estimate of drug-likeness (QED) is 0.370. The zero-order valence-electron chi connectivity index (χ0n) is 11.9. The van der Waals surface area contributed by atoms with Crippen LogP contribution < -0.4 is 15.4 Å². The van der Waals surface area contributed by atoms with E-state index in [0.717, 1.165) is 11.4 Å². The van der Waals surface area contributed by atoms with Crippen LogP contribution in [0.4, 0.5) is 5.69 Å². The molecule has 0 bridgehead atoms. The molecule has 2 rings (SSSR count). The summed E-state index contributed by atoms with van der Waals surface area (Å²) >= 11 is 0. The Morgan fingerprint density at radius 3 is 2.52 bits per heavy atom. The fourth-order valence-electron chi connectivity index (χ4n) is 2.01. The number of nitrogens with zero attached hydrogens (tertiary/aromatic N) is 2. The third-order valence-electron chi connectivity index (χ3n) is 3.14. The van der Waals surface area contributed by atoms with E-state index in [-0.39, 0.29) is 5.84 Å². The molecule has 0 radical (unpaired) electrons. The second kappa shape index (κ2) is 7.19. The standard InChI is InChI=1S/C16H19N3O2/c1-19(11-12-21-13-7-3-2-4-8-13)15-10-6-5-9-14(15)16(17)18-20/h2-10,20H,11-12H2,1H3,(H2,17,18). The first-order chi connectivity index (χ1) is 10.2. The van der Waals surface area contributed by atoms with Crippen molar-refractivity contribution in [3.63, 3.8) is 0 Å². The number of likely N-dealkylation sites (N-methyl/N-ethyl adjacent to an activating group) is 1. The van der Waals surface area contributed by atoms with Gasteiger partial charge >= 0.3 is 0 Å². The average molecular weight is 285 g/mol. The third-order valence-corrected chi connectivity index (χ3v) is 3.14. The Morgan fingerprint density at radius 2 is 1.81 bits per heavy atom. The molecule has 0 aromatic heterocycles. The number of hydrogen-bond acceptors (Lipinski definition) is 4. The van der Waals surface area contributed by atoms with Gasteiger partial charge in [-0.15, -0.1) is 0 Å². The van der Waals surface area contributed by atoms with E-state index in [1.54, 1.807) is 0 Å². The number of rotatable bonds is 6. The molecule has 0 aliphatic rings. The van der Waals surface area contributed by atoms with Crippen LogP contribution in [0.5, 0.6) is 5.75 Å². The van der Waals surface area contributed by atoms with Crippen molar-refractivity contribution in [2.24, 2.45) is 10.9 Å². The highest BCUT2D eigenvalue weighted by atomic mass is 16.5. The van der Waals surface area contributed by atoms with Crippen LogP contribution in [-0.4, -0.2) is 31.2 Å². The summed E-state index contributed by atoms with van der Waals surface area (Å²) in [5.41, 5.74) is 7.28. The molecule has 0 amide bonds. The largest absolute Gasteiger partial charge is 0.492 e. The molecule has 0 aliphatic carbocycles. The van der Waals surface area contributed by atoms with Crippen LogP contribution in [0.2, 0.25) is 0 Å². The van der Waals surface area contributed by atoms with Gasteiger partial charge in [0.1, 0.15) is 12.4 Å². The lowest BCUT2D eigenvalue weighted by Gasteiger charge is -2.22. The SMILES string of the molecule is CN(CCOc1ccccc1)c1ccccc1/C(N)=N/O. The van der Waals surface area contributed by atoms with E-state index >= 15 is 0 Å². The van der Waals surface area contributed by atoms with Gasteiger partial charge in [-0.1, -0.05) is 35.5 Å². The first kappa shape index (κ1) is 14.7. The van der Waals surface area contributed by atoms with E-state index in [1.165, 1.54) is 0 Å². The van der Waals surface area contributed by atoms with Crippen molar-refractivity contribution >= 4 is 11.5 Å². The van der Waals surface area contributed by atoms with E-state index in [2.05, 4.69) is 5.16 Å². The van der Waals surface area contributed by atoms with Gasteiger partial charge in [-0.25, -0.2) is 0 Å². The van der Waals surface area contributed by atoms with Crippen molar-refractivity contribution in [1.29, 1.82) is 0 Å². The second-order valence-electron chi connectivity index (χ2n) is 4.59. The Hall–Kier alpha value is -2.69. The molecule has 0 saturated heterocycles. The minimum absolute atomic E-state index is 0.0985. The molecule has 3 N–H and O–H groups in total. The summed E-state index contributed by atoms with van der Waals surface area (Å²) in [6.07, 6.45) is 0. The molecule has 0 aliphatic heterocycles. The van der Waals surface area contributed by atoms with Crippen molar-refractivity contribution in [3.05, 3.63) is 60.2 Å². The molecule has 0 fully saturated rings. The smallest absolute Gasteiger partial charge is 0.172 e. The number of benzene rings is 2. The maximum absolute atomic E-state index is 8.84. The molecule has 110 valence electrons. The Labute approximate surface area is 124 Å². The van der Waals surface area contributed by atoms with Gasteiger partial charge in [0.05, 0.1) is 6.54 Å². The summed E-state index contributed by atoms with van der Waals surface area (Å²) in [4.78, 5) is 2.01. The lowest BCUT2D eigenvalue weighted by Crippen LogP contribution is -2.27. The van der Waals surface area contributed by atoms with Gasteiger partial charge in [0.2, 0.25) is 0 Å². The molecule has 2 aromatic carbocycles. The monoisotopic (exact) mass is 285 g/mol. The maximum Gasteiger partial charge on any atom is 0.172 e. The van der Waals surface area contributed by atoms with E-state index < -0.39 is 0 Å². The number of nitrogens with two attached hydrogens (primary N) is 1. The molecule has 5 heteroatoms. The van der Waals surface area contributed by atoms with Crippen molar-refractivity contribution in [1.82, 2.24) is 0 Å². The van der Waals surface area contributed by atoms with Gasteiger partial charge in [0.25, 0.3) is 0 Å².